The smallest absolute Gasteiger partial charge is 0.363 e. The van der Waals surface area contributed by atoms with Gasteiger partial charge < -0.3 is 10.6 Å². The molecule has 0 aliphatic carbocycles. The van der Waals surface area contributed by atoms with E-state index < -0.39 is 16.2 Å². The van der Waals surface area contributed by atoms with Gasteiger partial charge in [-0.05, 0) is 32.9 Å². The molecule has 0 spiro atoms. The van der Waals surface area contributed by atoms with Gasteiger partial charge in [0.15, 0.2) is 0 Å². The van der Waals surface area contributed by atoms with Crippen LogP contribution >= 0.6 is 0 Å². The van der Waals surface area contributed by atoms with Crippen molar-refractivity contribution in [3.63, 3.8) is 0 Å². The Hall–Kier alpha value is -2.48. The highest BCUT2D eigenvalue weighted by atomic mass is 16.6. The Kier molecular flexibility index (Phi) is 4.41. The van der Waals surface area contributed by atoms with E-state index in [9.17, 15) is 14.9 Å². The SMILES string of the molecule is CC(C)(C)NCCNc1nc2ccccn2c(=O)c1[N+](=O)[O-]. The van der Waals surface area contributed by atoms with Gasteiger partial charge in [-0.2, -0.15) is 0 Å². The molecule has 8 nitrogen and oxygen atoms in total. The summed E-state index contributed by atoms with van der Waals surface area (Å²) in [4.78, 5) is 26.9. The number of pyridine rings is 1. The van der Waals surface area contributed by atoms with E-state index in [0.29, 0.717) is 18.7 Å². The van der Waals surface area contributed by atoms with Crippen LogP contribution in [-0.4, -0.2) is 32.9 Å². The van der Waals surface area contributed by atoms with Gasteiger partial charge in [0.2, 0.25) is 5.82 Å². The lowest BCUT2D eigenvalue weighted by Gasteiger charge is -2.20. The second-order valence-corrected chi connectivity index (χ2v) is 5.90. The van der Waals surface area contributed by atoms with Crippen molar-refractivity contribution in [3.05, 3.63) is 44.9 Å². The van der Waals surface area contributed by atoms with Crippen LogP contribution in [0, 0.1) is 10.1 Å². The summed E-state index contributed by atoms with van der Waals surface area (Å²) < 4.78 is 1.16. The van der Waals surface area contributed by atoms with Crippen molar-refractivity contribution < 1.29 is 4.92 Å². The molecule has 0 bridgehead atoms. The van der Waals surface area contributed by atoms with Gasteiger partial charge in [-0.3, -0.25) is 19.3 Å². The lowest BCUT2D eigenvalue weighted by atomic mass is 10.1. The van der Waals surface area contributed by atoms with E-state index in [2.05, 4.69) is 15.6 Å². The van der Waals surface area contributed by atoms with Crippen molar-refractivity contribution in [1.82, 2.24) is 14.7 Å². The van der Waals surface area contributed by atoms with Gasteiger partial charge in [0.25, 0.3) is 0 Å². The van der Waals surface area contributed by atoms with Crippen LogP contribution in [0.5, 0.6) is 0 Å². The summed E-state index contributed by atoms with van der Waals surface area (Å²) in [6.45, 7) is 7.09. The van der Waals surface area contributed by atoms with Gasteiger partial charge in [0.05, 0.1) is 4.92 Å². The molecule has 0 radical (unpaired) electrons. The average Bonchev–Trinajstić information content (AvgIpc) is 2.42. The summed E-state index contributed by atoms with van der Waals surface area (Å²) in [5.74, 6) is -0.00286. The maximum absolute atomic E-state index is 12.2. The van der Waals surface area contributed by atoms with E-state index in [-0.39, 0.29) is 11.4 Å². The van der Waals surface area contributed by atoms with Gasteiger partial charge in [-0.25, -0.2) is 4.98 Å². The number of aromatic nitrogens is 2. The predicted octanol–water partition coefficient (Wildman–Crippen LogP) is 1.40. The van der Waals surface area contributed by atoms with Gasteiger partial charge in [-0.1, -0.05) is 6.07 Å². The standard InChI is InChI=1S/C14H19N5O3/c1-14(2,3)16-8-7-15-12-11(19(21)22)13(20)18-9-5-4-6-10(18)17-12/h4-6,9,15-16H,7-8H2,1-3H3. The Bertz CT molecular complexity index is 748. The summed E-state index contributed by atoms with van der Waals surface area (Å²) in [7, 11) is 0. The van der Waals surface area contributed by atoms with Gasteiger partial charge in [-0.15, -0.1) is 0 Å². The molecule has 0 amide bonds. The lowest BCUT2D eigenvalue weighted by molar-refractivity contribution is -0.385. The minimum atomic E-state index is -0.700. The number of rotatable bonds is 5. The fourth-order valence-corrected chi connectivity index (χ4v) is 1.99. The fourth-order valence-electron chi connectivity index (χ4n) is 1.99. The topological polar surface area (TPSA) is 102 Å². The number of anilines is 1. The summed E-state index contributed by atoms with van der Waals surface area (Å²) in [5.41, 5.74) is -0.921. The zero-order chi connectivity index (χ0) is 16.3. The molecule has 2 aromatic heterocycles. The van der Waals surface area contributed by atoms with E-state index in [1.807, 2.05) is 20.8 Å². The molecule has 118 valence electrons. The quantitative estimate of drug-likeness (QED) is 0.492. The van der Waals surface area contributed by atoms with E-state index in [0.717, 1.165) is 4.40 Å². The van der Waals surface area contributed by atoms with Crippen LogP contribution in [0.4, 0.5) is 11.5 Å². The van der Waals surface area contributed by atoms with Crippen LogP contribution in [0.25, 0.3) is 5.65 Å². The molecule has 0 saturated heterocycles. The van der Waals surface area contributed by atoms with Crippen molar-refractivity contribution in [2.24, 2.45) is 0 Å². The number of hydrogen-bond acceptors (Lipinski definition) is 6. The second kappa shape index (κ2) is 6.10. The molecule has 0 aromatic carbocycles. The lowest BCUT2D eigenvalue weighted by Crippen LogP contribution is -2.39. The number of nitrogens with zero attached hydrogens (tertiary/aromatic N) is 3. The van der Waals surface area contributed by atoms with E-state index in [1.54, 1.807) is 18.2 Å². The molecule has 0 unspecified atom stereocenters. The maximum atomic E-state index is 12.2. The summed E-state index contributed by atoms with van der Waals surface area (Å²) in [6, 6.07) is 4.97. The number of hydrogen-bond donors (Lipinski definition) is 2. The Morgan fingerprint density at radius 2 is 2.05 bits per heavy atom. The zero-order valence-electron chi connectivity index (χ0n) is 12.8. The minimum absolute atomic E-state index is 0.00286. The first-order valence-electron chi connectivity index (χ1n) is 6.94. The monoisotopic (exact) mass is 305 g/mol. The van der Waals surface area contributed by atoms with Crippen molar-refractivity contribution in [2.75, 3.05) is 18.4 Å². The number of fused-ring (bicyclic) bond motifs is 1. The van der Waals surface area contributed by atoms with Gasteiger partial charge >= 0.3 is 11.2 Å². The molecule has 22 heavy (non-hydrogen) atoms. The Morgan fingerprint density at radius 3 is 2.68 bits per heavy atom. The molecule has 2 rings (SSSR count). The summed E-state index contributed by atoms with van der Waals surface area (Å²) in [6.07, 6.45) is 1.46. The van der Waals surface area contributed by atoms with Crippen molar-refractivity contribution in [3.8, 4) is 0 Å². The third kappa shape index (κ3) is 3.59. The molecule has 8 heteroatoms. The van der Waals surface area contributed by atoms with Crippen LogP contribution in [0.1, 0.15) is 20.8 Å². The Labute approximate surface area is 127 Å². The molecule has 2 aromatic rings. The van der Waals surface area contributed by atoms with Crippen molar-refractivity contribution >= 4 is 17.2 Å². The van der Waals surface area contributed by atoms with E-state index in [1.165, 1.54) is 6.20 Å². The maximum Gasteiger partial charge on any atom is 0.376 e. The normalized spacial score (nSPS) is 11.6. The average molecular weight is 305 g/mol. The molecule has 0 saturated carbocycles. The third-order valence-electron chi connectivity index (χ3n) is 2.97. The van der Waals surface area contributed by atoms with Crippen molar-refractivity contribution in [2.45, 2.75) is 26.3 Å². The Balaban J connectivity index is 2.30. The second-order valence-electron chi connectivity index (χ2n) is 5.90. The van der Waals surface area contributed by atoms with Crippen LogP contribution in [-0.2, 0) is 0 Å². The first-order valence-corrected chi connectivity index (χ1v) is 6.94. The molecule has 0 aliphatic heterocycles. The summed E-state index contributed by atoms with van der Waals surface area (Å²) in [5, 5.41) is 17.3. The highest BCUT2D eigenvalue weighted by Gasteiger charge is 2.23. The third-order valence-corrected chi connectivity index (χ3v) is 2.97. The van der Waals surface area contributed by atoms with Crippen LogP contribution in [0.2, 0.25) is 0 Å². The highest BCUT2D eigenvalue weighted by Crippen LogP contribution is 2.17. The molecule has 0 aliphatic rings. The van der Waals surface area contributed by atoms with Gasteiger partial charge in [0, 0.05) is 24.8 Å². The molecule has 2 heterocycles. The molecule has 0 fully saturated rings. The molecule has 0 atom stereocenters. The largest absolute Gasteiger partial charge is 0.376 e. The number of nitrogens with one attached hydrogen (secondary N) is 2. The number of nitro groups is 1. The molecular weight excluding hydrogens is 286 g/mol. The van der Waals surface area contributed by atoms with Crippen LogP contribution in [0.15, 0.2) is 29.2 Å². The van der Waals surface area contributed by atoms with Gasteiger partial charge in [0.1, 0.15) is 5.65 Å². The fraction of sp³-hybridized carbons (Fsp3) is 0.429. The van der Waals surface area contributed by atoms with Crippen molar-refractivity contribution in [1.29, 1.82) is 0 Å². The van der Waals surface area contributed by atoms with E-state index in [4.69, 9.17) is 0 Å². The predicted molar refractivity (Wildman–Crippen MR) is 84.4 cm³/mol. The summed E-state index contributed by atoms with van der Waals surface area (Å²) >= 11 is 0. The van der Waals surface area contributed by atoms with Crippen LogP contribution in [0.3, 0.4) is 0 Å². The first kappa shape index (κ1) is 15.9. The highest BCUT2D eigenvalue weighted by molar-refractivity contribution is 5.59. The first-order chi connectivity index (χ1) is 10.3. The molecular formula is C14H19N5O3. The Morgan fingerprint density at radius 1 is 1.32 bits per heavy atom. The van der Waals surface area contributed by atoms with Crippen LogP contribution < -0.4 is 16.2 Å². The van der Waals surface area contributed by atoms with E-state index >= 15 is 0 Å². The molecule has 2 N–H and O–H groups in total. The zero-order valence-corrected chi connectivity index (χ0v) is 12.8. The minimum Gasteiger partial charge on any atom is -0.363 e.